The number of methoxy groups -OCH3 is 2. The van der Waals surface area contributed by atoms with Crippen LogP contribution in [-0.2, 0) is 27.9 Å². The van der Waals surface area contributed by atoms with E-state index in [0.29, 0.717) is 35.6 Å². The molecule has 6 nitrogen and oxygen atoms in total. The highest BCUT2D eigenvalue weighted by atomic mass is 16.5. The standard InChI is InChI=1S/C28H27NO5/c1-4-34-27(31)28-16-19-14-23(32-2)24(33-3)15-21(19)25(28)29(17-18-10-6-5-7-11-18)26(30)20-12-8-9-13-22(20)28/h5-15,25H,4,16-17H2,1-3H3/t25-,28+/m1/s1. The minimum atomic E-state index is -1.06. The van der Waals surface area contributed by atoms with Gasteiger partial charge in [0.15, 0.2) is 11.5 Å². The first-order valence-electron chi connectivity index (χ1n) is 11.4. The third kappa shape index (κ3) is 3.16. The Kier molecular flexibility index (Phi) is 5.52. The van der Waals surface area contributed by atoms with E-state index < -0.39 is 11.5 Å². The quantitative estimate of drug-likeness (QED) is 0.512. The third-order valence-corrected chi connectivity index (χ3v) is 6.92. The Balaban J connectivity index is 1.78. The van der Waals surface area contributed by atoms with Crippen LogP contribution in [0.5, 0.6) is 11.5 Å². The average Bonchev–Trinajstić information content (AvgIpc) is 3.21. The number of ether oxygens (including phenoxy) is 3. The third-order valence-electron chi connectivity index (χ3n) is 6.92. The molecule has 1 amide bonds. The lowest BCUT2D eigenvalue weighted by molar-refractivity contribution is -0.153. The Labute approximate surface area is 199 Å². The maximum Gasteiger partial charge on any atom is 0.319 e. The van der Waals surface area contributed by atoms with Gasteiger partial charge in [-0.15, -0.1) is 0 Å². The van der Waals surface area contributed by atoms with Crippen molar-refractivity contribution in [3.8, 4) is 11.5 Å². The van der Waals surface area contributed by atoms with Crippen LogP contribution in [0.25, 0.3) is 0 Å². The summed E-state index contributed by atoms with van der Waals surface area (Å²) in [6, 6.07) is 20.5. The first kappa shape index (κ1) is 22.0. The van der Waals surface area contributed by atoms with Gasteiger partial charge in [0.25, 0.3) is 5.91 Å². The molecule has 6 heteroatoms. The molecule has 0 aromatic heterocycles. The fourth-order valence-corrected chi connectivity index (χ4v) is 5.51. The van der Waals surface area contributed by atoms with Crippen LogP contribution in [0.4, 0.5) is 0 Å². The van der Waals surface area contributed by atoms with Gasteiger partial charge in [0.1, 0.15) is 5.41 Å². The van der Waals surface area contributed by atoms with E-state index in [0.717, 1.165) is 16.7 Å². The molecule has 0 saturated carbocycles. The largest absolute Gasteiger partial charge is 0.493 e. The van der Waals surface area contributed by atoms with Gasteiger partial charge in [-0.3, -0.25) is 9.59 Å². The highest BCUT2D eigenvalue weighted by molar-refractivity contribution is 6.03. The number of nitrogens with zero attached hydrogens (tertiary/aromatic N) is 1. The summed E-state index contributed by atoms with van der Waals surface area (Å²) in [4.78, 5) is 29.5. The number of esters is 1. The molecule has 0 bridgehead atoms. The van der Waals surface area contributed by atoms with Crippen LogP contribution >= 0.6 is 0 Å². The zero-order valence-electron chi connectivity index (χ0n) is 19.5. The number of hydrogen-bond acceptors (Lipinski definition) is 5. The van der Waals surface area contributed by atoms with Gasteiger partial charge in [-0.1, -0.05) is 48.5 Å². The minimum absolute atomic E-state index is 0.105. The predicted molar refractivity (Wildman–Crippen MR) is 127 cm³/mol. The zero-order valence-corrected chi connectivity index (χ0v) is 19.5. The Morgan fingerprint density at radius 3 is 2.38 bits per heavy atom. The summed E-state index contributed by atoms with van der Waals surface area (Å²) >= 11 is 0. The highest BCUT2D eigenvalue weighted by Gasteiger charge is 2.61. The second kappa shape index (κ2) is 8.52. The minimum Gasteiger partial charge on any atom is -0.493 e. The number of amides is 1. The van der Waals surface area contributed by atoms with E-state index in [2.05, 4.69) is 0 Å². The van der Waals surface area contributed by atoms with Crippen molar-refractivity contribution in [2.24, 2.45) is 0 Å². The molecule has 0 radical (unpaired) electrons. The van der Waals surface area contributed by atoms with E-state index in [-0.39, 0.29) is 18.5 Å². The molecule has 2 aliphatic rings. The van der Waals surface area contributed by atoms with Crippen LogP contribution in [-0.4, -0.2) is 37.6 Å². The summed E-state index contributed by atoms with van der Waals surface area (Å²) in [6.07, 6.45) is 0.405. The second-order valence-electron chi connectivity index (χ2n) is 8.64. The summed E-state index contributed by atoms with van der Waals surface area (Å²) < 4.78 is 16.8. The Hall–Kier alpha value is -3.80. The molecular formula is C28H27NO5. The summed E-state index contributed by atoms with van der Waals surface area (Å²) in [5.74, 6) is 0.721. The van der Waals surface area contributed by atoms with Gasteiger partial charge in [0.2, 0.25) is 0 Å². The molecule has 1 aliphatic carbocycles. The van der Waals surface area contributed by atoms with Crippen molar-refractivity contribution in [3.05, 3.63) is 94.5 Å². The zero-order chi connectivity index (χ0) is 23.9. The summed E-state index contributed by atoms with van der Waals surface area (Å²) in [7, 11) is 3.18. The monoisotopic (exact) mass is 457 g/mol. The molecule has 2 atom stereocenters. The number of benzene rings is 3. The summed E-state index contributed by atoms with van der Waals surface area (Å²) in [5, 5.41) is 0. The van der Waals surface area contributed by atoms with Crippen molar-refractivity contribution in [1.82, 2.24) is 4.90 Å². The first-order valence-corrected chi connectivity index (χ1v) is 11.4. The number of hydrogen-bond donors (Lipinski definition) is 0. The van der Waals surface area contributed by atoms with Gasteiger partial charge in [-0.05, 0) is 53.8 Å². The van der Waals surface area contributed by atoms with Crippen LogP contribution in [0.3, 0.4) is 0 Å². The first-order chi connectivity index (χ1) is 16.5. The molecule has 1 aliphatic heterocycles. The van der Waals surface area contributed by atoms with Gasteiger partial charge >= 0.3 is 5.97 Å². The highest BCUT2D eigenvalue weighted by Crippen LogP contribution is 2.57. The summed E-state index contributed by atoms with van der Waals surface area (Å²) in [5.41, 5.74) is 3.00. The molecule has 0 unspecified atom stereocenters. The fourth-order valence-electron chi connectivity index (χ4n) is 5.51. The van der Waals surface area contributed by atoms with E-state index in [9.17, 15) is 9.59 Å². The molecule has 3 aromatic carbocycles. The molecule has 34 heavy (non-hydrogen) atoms. The van der Waals surface area contributed by atoms with Gasteiger partial charge in [0, 0.05) is 12.1 Å². The molecule has 0 fully saturated rings. The number of rotatable bonds is 6. The lowest BCUT2D eigenvalue weighted by atomic mass is 9.69. The van der Waals surface area contributed by atoms with Crippen LogP contribution in [0, 0.1) is 0 Å². The Morgan fingerprint density at radius 1 is 1.00 bits per heavy atom. The molecule has 0 saturated heterocycles. The SMILES string of the molecule is CCOC(=O)[C@]12Cc3cc(OC)c(OC)cc3[C@H]1N(Cc1ccccc1)C(=O)c1ccccc12. The maximum absolute atomic E-state index is 13.9. The van der Waals surface area contributed by atoms with Crippen molar-refractivity contribution < 1.29 is 23.8 Å². The molecule has 0 spiro atoms. The van der Waals surface area contributed by atoms with Crippen LogP contribution in [0.1, 0.15) is 45.6 Å². The lowest BCUT2D eigenvalue weighted by Crippen LogP contribution is -2.54. The summed E-state index contributed by atoms with van der Waals surface area (Å²) in [6.45, 7) is 2.43. The van der Waals surface area contributed by atoms with Crippen molar-refractivity contribution in [2.75, 3.05) is 20.8 Å². The van der Waals surface area contributed by atoms with E-state index in [1.807, 2.05) is 65.6 Å². The van der Waals surface area contributed by atoms with Crippen molar-refractivity contribution in [1.29, 1.82) is 0 Å². The van der Waals surface area contributed by atoms with Crippen LogP contribution < -0.4 is 9.47 Å². The van der Waals surface area contributed by atoms with E-state index in [1.54, 1.807) is 27.2 Å². The van der Waals surface area contributed by atoms with E-state index >= 15 is 0 Å². The number of carbonyl (C=O) groups excluding carboxylic acids is 2. The molecule has 0 N–H and O–H groups in total. The Morgan fingerprint density at radius 2 is 1.68 bits per heavy atom. The fraction of sp³-hybridized carbons (Fsp3) is 0.286. The predicted octanol–water partition coefficient (Wildman–Crippen LogP) is 4.46. The lowest BCUT2D eigenvalue weighted by Gasteiger charge is -2.45. The van der Waals surface area contributed by atoms with Gasteiger partial charge < -0.3 is 19.1 Å². The average molecular weight is 458 g/mol. The maximum atomic E-state index is 13.9. The molecule has 174 valence electrons. The van der Waals surface area contributed by atoms with Crippen LogP contribution in [0.15, 0.2) is 66.7 Å². The number of carbonyl (C=O) groups is 2. The topological polar surface area (TPSA) is 65.1 Å². The van der Waals surface area contributed by atoms with Crippen molar-refractivity contribution in [2.45, 2.75) is 31.3 Å². The van der Waals surface area contributed by atoms with Crippen LogP contribution in [0.2, 0.25) is 0 Å². The molecule has 5 rings (SSSR count). The van der Waals surface area contributed by atoms with E-state index in [1.165, 1.54) is 0 Å². The second-order valence-corrected chi connectivity index (χ2v) is 8.64. The van der Waals surface area contributed by atoms with E-state index in [4.69, 9.17) is 14.2 Å². The smallest absolute Gasteiger partial charge is 0.319 e. The molecule has 1 heterocycles. The van der Waals surface area contributed by atoms with Gasteiger partial charge in [-0.2, -0.15) is 0 Å². The van der Waals surface area contributed by atoms with Gasteiger partial charge in [-0.25, -0.2) is 0 Å². The molecule has 3 aromatic rings. The normalized spacial score (nSPS) is 20.3. The number of fused-ring (bicyclic) bond motifs is 5. The Bertz CT molecular complexity index is 1250. The van der Waals surface area contributed by atoms with Crippen molar-refractivity contribution >= 4 is 11.9 Å². The van der Waals surface area contributed by atoms with Gasteiger partial charge in [0.05, 0.1) is 26.9 Å². The molecular weight excluding hydrogens is 430 g/mol. The van der Waals surface area contributed by atoms with Crippen molar-refractivity contribution in [3.63, 3.8) is 0 Å².